The predicted molar refractivity (Wildman–Crippen MR) is 54.3 cm³/mol. The number of hydrogen-bond donors (Lipinski definition) is 1. The molecule has 16 heavy (non-hydrogen) atoms. The van der Waals surface area contributed by atoms with E-state index in [9.17, 15) is 9.59 Å². The lowest BCUT2D eigenvalue weighted by atomic mass is 10.2. The predicted octanol–water partition coefficient (Wildman–Crippen LogP) is 1.44. The van der Waals surface area contributed by atoms with Crippen molar-refractivity contribution in [2.75, 3.05) is 6.54 Å². The fourth-order valence-corrected chi connectivity index (χ4v) is 1.05. The number of azide groups is 1. The average molecular weight is 220 g/mol. The summed E-state index contributed by atoms with van der Waals surface area (Å²) in [6, 6.07) is 7.98. The standard InChI is InChI=1S/C9H8N4O3/c10-11-12-13(6-8(14)15)9(16)7-4-2-1-3-5-7/h1-5H,6H2,(H,14,15). The van der Waals surface area contributed by atoms with Crippen molar-refractivity contribution in [1.82, 2.24) is 5.01 Å². The molecular formula is C9H8N4O3. The third-order valence-corrected chi connectivity index (χ3v) is 1.69. The Kier molecular flexibility index (Phi) is 3.88. The van der Waals surface area contributed by atoms with Crippen LogP contribution in [0.2, 0.25) is 0 Å². The molecule has 0 heterocycles. The molecule has 0 fully saturated rings. The van der Waals surface area contributed by atoms with Crippen LogP contribution in [0.5, 0.6) is 0 Å². The van der Waals surface area contributed by atoms with Crippen LogP contribution in [0.1, 0.15) is 10.4 Å². The molecule has 0 aliphatic heterocycles. The number of nitrogens with zero attached hydrogens (tertiary/aromatic N) is 4. The summed E-state index contributed by atoms with van der Waals surface area (Å²) < 4.78 is 0. The average Bonchev–Trinajstić information content (AvgIpc) is 2.28. The van der Waals surface area contributed by atoms with Crippen LogP contribution in [0.3, 0.4) is 0 Å². The third-order valence-electron chi connectivity index (χ3n) is 1.69. The number of carboxylic acid groups (broad SMARTS) is 1. The zero-order valence-electron chi connectivity index (χ0n) is 8.15. The Morgan fingerprint density at radius 1 is 1.38 bits per heavy atom. The fourth-order valence-electron chi connectivity index (χ4n) is 1.05. The number of benzene rings is 1. The summed E-state index contributed by atoms with van der Waals surface area (Å²) in [7, 11) is 0. The van der Waals surface area contributed by atoms with E-state index in [1.165, 1.54) is 12.1 Å². The second-order valence-electron chi connectivity index (χ2n) is 2.80. The van der Waals surface area contributed by atoms with E-state index in [0.29, 0.717) is 5.01 Å². The van der Waals surface area contributed by atoms with Gasteiger partial charge in [0.1, 0.15) is 0 Å². The summed E-state index contributed by atoms with van der Waals surface area (Å²) in [4.78, 5) is 24.5. The van der Waals surface area contributed by atoms with Gasteiger partial charge >= 0.3 is 11.9 Å². The number of carbonyl (C=O) groups excluding carboxylic acids is 1. The number of carboxylic acids is 1. The Labute approximate surface area is 90.5 Å². The maximum Gasteiger partial charge on any atom is 0.346 e. The van der Waals surface area contributed by atoms with Crippen molar-refractivity contribution in [2.45, 2.75) is 0 Å². The van der Waals surface area contributed by atoms with Gasteiger partial charge in [-0.25, -0.2) is 9.59 Å². The molecule has 0 bridgehead atoms. The molecular weight excluding hydrogens is 212 g/mol. The van der Waals surface area contributed by atoms with Crippen molar-refractivity contribution < 1.29 is 14.7 Å². The first-order chi connectivity index (χ1) is 7.65. The molecule has 1 aromatic carbocycles. The summed E-state index contributed by atoms with van der Waals surface area (Å²) in [5.41, 5.74) is 8.48. The van der Waals surface area contributed by atoms with E-state index in [2.05, 4.69) is 10.1 Å². The molecule has 1 rings (SSSR count). The molecule has 0 spiro atoms. The Morgan fingerprint density at radius 2 is 2.00 bits per heavy atom. The number of hydrogen-bond acceptors (Lipinski definition) is 3. The number of amides is 1. The molecule has 0 atom stereocenters. The van der Waals surface area contributed by atoms with Gasteiger partial charge in [-0.2, -0.15) is 9.92 Å². The lowest BCUT2D eigenvalue weighted by Crippen LogP contribution is -2.30. The highest BCUT2D eigenvalue weighted by Gasteiger charge is 2.21. The lowest BCUT2D eigenvalue weighted by molar-refractivity contribution is -0.137. The van der Waals surface area contributed by atoms with Gasteiger partial charge in [0.05, 0.1) is 5.56 Å². The van der Waals surface area contributed by atoms with Crippen LogP contribution in [0.25, 0.3) is 10.4 Å². The molecule has 7 nitrogen and oxygen atoms in total. The summed E-state index contributed by atoms with van der Waals surface area (Å²) >= 11 is 0. The molecule has 0 radical (unpaired) electrons. The topological polar surface area (TPSA) is 106 Å². The monoisotopic (exact) mass is 220 g/mol. The molecule has 1 aromatic rings. The molecule has 0 aromatic heterocycles. The highest BCUT2D eigenvalue weighted by Crippen LogP contribution is 2.05. The van der Waals surface area contributed by atoms with Crippen molar-refractivity contribution in [1.29, 1.82) is 0 Å². The highest BCUT2D eigenvalue weighted by atomic mass is 16.4. The van der Waals surface area contributed by atoms with Crippen LogP contribution in [0.15, 0.2) is 35.6 Å². The van der Waals surface area contributed by atoms with E-state index in [4.69, 9.17) is 10.6 Å². The smallest absolute Gasteiger partial charge is 0.346 e. The van der Waals surface area contributed by atoms with Crippen molar-refractivity contribution in [3.05, 3.63) is 46.3 Å². The second kappa shape index (κ2) is 5.38. The van der Waals surface area contributed by atoms with Gasteiger partial charge in [-0.15, -0.1) is 5.53 Å². The van der Waals surface area contributed by atoms with Crippen molar-refractivity contribution >= 4 is 11.9 Å². The van der Waals surface area contributed by atoms with Gasteiger partial charge in [0.25, 0.3) is 0 Å². The maximum atomic E-state index is 11.7. The largest absolute Gasteiger partial charge is 0.478 e. The van der Waals surface area contributed by atoms with Gasteiger partial charge in [-0.1, -0.05) is 18.2 Å². The molecule has 1 N–H and O–H groups in total. The van der Waals surface area contributed by atoms with E-state index in [1.54, 1.807) is 18.2 Å². The highest BCUT2D eigenvalue weighted by molar-refractivity contribution is 5.95. The second-order valence-corrected chi connectivity index (χ2v) is 2.80. The van der Waals surface area contributed by atoms with Gasteiger partial charge in [-0.3, -0.25) is 0 Å². The zero-order chi connectivity index (χ0) is 12.0. The summed E-state index contributed by atoms with van der Waals surface area (Å²) in [5.74, 6) is -1.91. The van der Waals surface area contributed by atoms with Gasteiger partial charge < -0.3 is 5.11 Å². The van der Waals surface area contributed by atoms with Gasteiger partial charge in [0, 0.05) is 0 Å². The van der Waals surface area contributed by atoms with E-state index in [-0.39, 0.29) is 5.56 Å². The SMILES string of the molecule is [N-]=[N+]=NN(CC(=O)O)C(=O)c1ccccc1. The number of rotatable bonds is 4. The minimum absolute atomic E-state index is 0.260. The van der Waals surface area contributed by atoms with Crippen molar-refractivity contribution in [3.63, 3.8) is 0 Å². The van der Waals surface area contributed by atoms with Crippen LogP contribution in [-0.2, 0) is 4.79 Å². The summed E-state index contributed by atoms with van der Waals surface area (Å²) in [5, 5.41) is 12.1. The van der Waals surface area contributed by atoms with Gasteiger partial charge in [0.2, 0.25) is 0 Å². The van der Waals surface area contributed by atoms with Crippen LogP contribution >= 0.6 is 0 Å². The van der Waals surface area contributed by atoms with E-state index in [1.807, 2.05) is 0 Å². The fraction of sp³-hybridized carbons (Fsp3) is 0.111. The lowest BCUT2D eigenvalue weighted by Gasteiger charge is -2.08. The van der Waals surface area contributed by atoms with E-state index in [0.717, 1.165) is 0 Å². The first kappa shape index (κ1) is 11.5. The van der Waals surface area contributed by atoms with Gasteiger partial charge in [-0.05, 0) is 17.4 Å². The maximum absolute atomic E-state index is 11.7. The molecule has 0 saturated heterocycles. The third kappa shape index (κ3) is 3.00. The molecule has 0 aliphatic carbocycles. The van der Waals surface area contributed by atoms with Crippen molar-refractivity contribution in [2.24, 2.45) is 5.22 Å². The Bertz CT molecular complexity index is 439. The Morgan fingerprint density at radius 3 is 2.50 bits per heavy atom. The van der Waals surface area contributed by atoms with E-state index >= 15 is 0 Å². The first-order valence-electron chi connectivity index (χ1n) is 4.29. The zero-order valence-corrected chi connectivity index (χ0v) is 8.15. The van der Waals surface area contributed by atoms with Crippen LogP contribution in [0.4, 0.5) is 0 Å². The van der Waals surface area contributed by atoms with Crippen LogP contribution in [0, 0.1) is 0 Å². The summed E-state index contributed by atoms with van der Waals surface area (Å²) in [6.45, 7) is -0.669. The van der Waals surface area contributed by atoms with Crippen LogP contribution in [-0.4, -0.2) is 28.5 Å². The van der Waals surface area contributed by atoms with Crippen LogP contribution < -0.4 is 0 Å². The molecule has 0 aliphatic rings. The molecule has 1 amide bonds. The molecule has 7 heteroatoms. The minimum atomic E-state index is -1.25. The molecule has 82 valence electrons. The van der Waals surface area contributed by atoms with E-state index < -0.39 is 18.4 Å². The molecule has 0 unspecified atom stereocenters. The Hall–Kier alpha value is -2.53. The minimum Gasteiger partial charge on any atom is -0.478 e. The normalized spacial score (nSPS) is 9.00. The van der Waals surface area contributed by atoms with Crippen molar-refractivity contribution in [3.8, 4) is 0 Å². The number of aliphatic carboxylic acids is 1. The Balaban J connectivity index is 2.91. The first-order valence-corrected chi connectivity index (χ1v) is 4.29. The summed E-state index contributed by atoms with van der Waals surface area (Å²) in [6.07, 6.45) is 0. The number of carbonyl (C=O) groups is 2. The quantitative estimate of drug-likeness (QED) is 0.359. The van der Waals surface area contributed by atoms with Gasteiger partial charge in [0.15, 0.2) is 6.54 Å². The molecule has 0 saturated carbocycles.